The van der Waals surface area contributed by atoms with Crippen LogP contribution in [-0.2, 0) is 0 Å². The standard InChI is InChI=1S/C54H38N2/c1-4-15-39(16-5-1)41-27-29-42(30-28-41)44-33-37-46(38-34-44)55(50-23-12-10-21-48(50)45-19-8-3-9-20-45)52-25-14-26-53-54(52)49-22-11-13-24-51(49)56(53)47-35-31-43(32-36-47)40-17-6-2-7-18-40/h1-38H. The number of fused-ring (bicyclic) bond motifs is 3. The summed E-state index contributed by atoms with van der Waals surface area (Å²) >= 11 is 0. The summed E-state index contributed by atoms with van der Waals surface area (Å²) in [7, 11) is 0. The summed E-state index contributed by atoms with van der Waals surface area (Å²) in [5.41, 5.74) is 16.4. The zero-order chi connectivity index (χ0) is 37.3. The molecule has 9 aromatic carbocycles. The topological polar surface area (TPSA) is 8.17 Å². The average Bonchev–Trinajstić information content (AvgIpc) is 3.63. The number of hydrogen-bond donors (Lipinski definition) is 0. The number of rotatable bonds is 8. The quantitative estimate of drug-likeness (QED) is 0.152. The van der Waals surface area contributed by atoms with E-state index >= 15 is 0 Å². The van der Waals surface area contributed by atoms with E-state index in [1.807, 2.05) is 0 Å². The van der Waals surface area contributed by atoms with Gasteiger partial charge in [-0.1, -0.05) is 182 Å². The predicted molar refractivity (Wildman–Crippen MR) is 237 cm³/mol. The second-order valence-electron chi connectivity index (χ2n) is 14.1. The number of para-hydroxylation sites is 2. The number of benzene rings is 9. The highest BCUT2D eigenvalue weighted by molar-refractivity contribution is 6.17. The SMILES string of the molecule is c1ccc(-c2ccc(-c3ccc(N(c4ccccc4-c4ccccc4)c4cccc5c4c4ccccc4n5-c4ccc(-c5ccccc5)cc4)cc3)cc2)cc1. The van der Waals surface area contributed by atoms with Crippen LogP contribution in [0, 0.1) is 0 Å². The van der Waals surface area contributed by atoms with Crippen molar-refractivity contribution in [2.75, 3.05) is 4.90 Å². The Kier molecular flexibility index (Phi) is 8.55. The molecule has 0 spiro atoms. The molecular formula is C54H38N2. The van der Waals surface area contributed by atoms with Gasteiger partial charge in [0.05, 0.1) is 22.4 Å². The van der Waals surface area contributed by atoms with E-state index < -0.39 is 0 Å². The molecule has 0 aliphatic rings. The Labute approximate surface area is 327 Å². The molecule has 10 rings (SSSR count). The fourth-order valence-corrected chi connectivity index (χ4v) is 8.13. The van der Waals surface area contributed by atoms with E-state index in [1.54, 1.807) is 0 Å². The smallest absolute Gasteiger partial charge is 0.0562 e. The fourth-order valence-electron chi connectivity index (χ4n) is 8.13. The predicted octanol–water partition coefficient (Wildman–Crippen LogP) is 14.9. The van der Waals surface area contributed by atoms with Gasteiger partial charge in [0, 0.05) is 27.7 Å². The summed E-state index contributed by atoms with van der Waals surface area (Å²) in [5.74, 6) is 0. The van der Waals surface area contributed by atoms with Gasteiger partial charge in [0.15, 0.2) is 0 Å². The molecular weight excluding hydrogens is 677 g/mol. The molecule has 0 unspecified atom stereocenters. The van der Waals surface area contributed by atoms with Crippen molar-refractivity contribution in [1.29, 1.82) is 0 Å². The highest BCUT2D eigenvalue weighted by Gasteiger charge is 2.23. The van der Waals surface area contributed by atoms with Gasteiger partial charge < -0.3 is 9.47 Å². The van der Waals surface area contributed by atoms with E-state index in [0.717, 1.165) is 28.3 Å². The molecule has 0 aliphatic carbocycles. The van der Waals surface area contributed by atoms with E-state index in [0.29, 0.717) is 0 Å². The molecule has 0 saturated carbocycles. The molecule has 0 bridgehead atoms. The molecule has 0 N–H and O–H groups in total. The molecule has 0 aliphatic heterocycles. The van der Waals surface area contributed by atoms with Crippen LogP contribution in [0.15, 0.2) is 231 Å². The Morgan fingerprint density at radius 2 is 0.714 bits per heavy atom. The van der Waals surface area contributed by atoms with E-state index in [1.165, 1.54) is 60.8 Å². The zero-order valence-electron chi connectivity index (χ0n) is 30.8. The first-order valence-electron chi connectivity index (χ1n) is 19.2. The van der Waals surface area contributed by atoms with Crippen LogP contribution < -0.4 is 4.90 Å². The molecule has 264 valence electrons. The molecule has 2 heteroatoms. The van der Waals surface area contributed by atoms with Gasteiger partial charge in [0.25, 0.3) is 0 Å². The second kappa shape index (κ2) is 14.4. The number of anilines is 3. The average molecular weight is 715 g/mol. The first-order valence-corrected chi connectivity index (χ1v) is 19.2. The molecule has 0 fully saturated rings. The van der Waals surface area contributed by atoms with Gasteiger partial charge in [-0.15, -0.1) is 0 Å². The summed E-state index contributed by atoms with van der Waals surface area (Å²) in [6.45, 7) is 0. The number of aromatic nitrogens is 1. The van der Waals surface area contributed by atoms with Crippen LogP contribution in [0.2, 0.25) is 0 Å². The van der Waals surface area contributed by atoms with Crippen LogP contribution in [0.1, 0.15) is 0 Å². The summed E-state index contributed by atoms with van der Waals surface area (Å²) in [6.07, 6.45) is 0. The van der Waals surface area contributed by atoms with Gasteiger partial charge in [-0.25, -0.2) is 0 Å². The molecule has 0 saturated heterocycles. The van der Waals surface area contributed by atoms with E-state index in [9.17, 15) is 0 Å². The van der Waals surface area contributed by atoms with Crippen molar-refractivity contribution in [2.45, 2.75) is 0 Å². The second-order valence-corrected chi connectivity index (χ2v) is 14.1. The van der Waals surface area contributed by atoms with Crippen LogP contribution in [-0.4, -0.2) is 4.57 Å². The van der Waals surface area contributed by atoms with Crippen molar-refractivity contribution in [2.24, 2.45) is 0 Å². The van der Waals surface area contributed by atoms with Gasteiger partial charge in [-0.2, -0.15) is 0 Å². The largest absolute Gasteiger partial charge is 0.309 e. The Morgan fingerprint density at radius 1 is 0.286 bits per heavy atom. The monoisotopic (exact) mass is 714 g/mol. The molecule has 1 aromatic heterocycles. The lowest BCUT2D eigenvalue weighted by molar-refractivity contribution is 1.18. The Hall–Kier alpha value is -7.42. The van der Waals surface area contributed by atoms with Gasteiger partial charge in [0.2, 0.25) is 0 Å². The molecule has 0 radical (unpaired) electrons. The maximum absolute atomic E-state index is 2.45. The van der Waals surface area contributed by atoms with Gasteiger partial charge >= 0.3 is 0 Å². The van der Waals surface area contributed by atoms with Crippen molar-refractivity contribution in [3.05, 3.63) is 231 Å². The number of hydrogen-bond acceptors (Lipinski definition) is 1. The summed E-state index contributed by atoms with van der Waals surface area (Å²) in [4.78, 5) is 2.45. The first kappa shape index (κ1) is 33.2. The van der Waals surface area contributed by atoms with Crippen LogP contribution in [0.5, 0.6) is 0 Å². The van der Waals surface area contributed by atoms with Crippen LogP contribution in [0.25, 0.3) is 72.0 Å². The lowest BCUT2D eigenvalue weighted by atomic mass is 9.99. The molecule has 0 atom stereocenters. The van der Waals surface area contributed by atoms with Crippen molar-refractivity contribution in [3.63, 3.8) is 0 Å². The van der Waals surface area contributed by atoms with Crippen molar-refractivity contribution in [1.82, 2.24) is 4.57 Å². The summed E-state index contributed by atoms with van der Waals surface area (Å²) < 4.78 is 2.41. The van der Waals surface area contributed by atoms with Gasteiger partial charge in [-0.05, 0) is 87.5 Å². The van der Waals surface area contributed by atoms with Crippen LogP contribution in [0.4, 0.5) is 17.1 Å². The zero-order valence-corrected chi connectivity index (χ0v) is 30.8. The van der Waals surface area contributed by atoms with Gasteiger partial charge in [0.1, 0.15) is 0 Å². The third-order valence-corrected chi connectivity index (χ3v) is 10.8. The maximum Gasteiger partial charge on any atom is 0.0562 e. The van der Waals surface area contributed by atoms with Crippen LogP contribution in [0.3, 0.4) is 0 Å². The Bertz CT molecular complexity index is 2910. The third kappa shape index (κ3) is 6.04. The van der Waals surface area contributed by atoms with E-state index in [-0.39, 0.29) is 0 Å². The summed E-state index contributed by atoms with van der Waals surface area (Å²) in [6, 6.07) is 83.0. The third-order valence-electron chi connectivity index (χ3n) is 10.8. The van der Waals surface area contributed by atoms with E-state index in [2.05, 4.69) is 240 Å². The number of nitrogens with zero attached hydrogens (tertiary/aromatic N) is 2. The van der Waals surface area contributed by atoms with Gasteiger partial charge in [-0.3, -0.25) is 0 Å². The minimum atomic E-state index is 1.09. The van der Waals surface area contributed by atoms with E-state index in [4.69, 9.17) is 0 Å². The van der Waals surface area contributed by atoms with Crippen LogP contribution >= 0.6 is 0 Å². The van der Waals surface area contributed by atoms with Crippen molar-refractivity contribution >= 4 is 38.9 Å². The Morgan fingerprint density at radius 3 is 1.32 bits per heavy atom. The maximum atomic E-state index is 2.45. The normalized spacial score (nSPS) is 11.2. The molecule has 0 amide bonds. The minimum Gasteiger partial charge on any atom is -0.309 e. The minimum absolute atomic E-state index is 1.09. The highest BCUT2D eigenvalue weighted by atomic mass is 15.1. The molecule has 2 nitrogen and oxygen atoms in total. The first-order chi connectivity index (χ1) is 27.8. The van der Waals surface area contributed by atoms with Crippen molar-refractivity contribution in [3.8, 4) is 50.2 Å². The Balaban J connectivity index is 1.14. The lowest BCUT2D eigenvalue weighted by Crippen LogP contribution is -2.11. The lowest BCUT2D eigenvalue weighted by Gasteiger charge is -2.29. The fraction of sp³-hybridized carbons (Fsp3) is 0. The highest BCUT2D eigenvalue weighted by Crippen LogP contribution is 2.46. The molecule has 10 aromatic rings. The summed E-state index contributed by atoms with van der Waals surface area (Å²) in [5, 5.41) is 2.42. The van der Waals surface area contributed by atoms with Crippen molar-refractivity contribution < 1.29 is 0 Å². The molecule has 1 heterocycles. The molecule has 56 heavy (non-hydrogen) atoms.